The average molecular weight is 283 g/mol. The Bertz CT molecular complexity index is 669. The number of halogens is 3. The third-order valence-electron chi connectivity index (χ3n) is 2.41. The van der Waals surface area contributed by atoms with Crippen LogP contribution in [0.1, 0.15) is 10.4 Å². The van der Waals surface area contributed by atoms with Crippen LogP contribution in [0, 0.1) is 17.5 Å². The number of anilines is 1. The topological polar surface area (TPSA) is 69.6 Å². The smallest absolute Gasteiger partial charge is 0.256 e. The fourth-order valence-corrected chi connectivity index (χ4v) is 1.57. The van der Waals surface area contributed by atoms with Crippen LogP contribution in [0.4, 0.5) is 18.9 Å². The molecule has 2 aromatic rings. The summed E-state index contributed by atoms with van der Waals surface area (Å²) < 4.78 is 39.3. The first kappa shape index (κ1) is 13.7. The van der Waals surface area contributed by atoms with Crippen molar-refractivity contribution in [3.63, 3.8) is 0 Å². The number of hydrogen-bond donors (Lipinski definition) is 3. The van der Waals surface area contributed by atoms with E-state index in [1.165, 1.54) is 0 Å². The molecule has 104 valence electrons. The SMILES string of the molecule is O=C(Nc1cc(F)cc(F)c1F)c1cc(O)cc(O)c1. The molecule has 3 N–H and O–H groups in total. The highest BCUT2D eigenvalue weighted by atomic mass is 19.2. The highest BCUT2D eigenvalue weighted by molar-refractivity contribution is 6.04. The van der Waals surface area contributed by atoms with Crippen molar-refractivity contribution in [2.45, 2.75) is 0 Å². The van der Waals surface area contributed by atoms with E-state index in [1.807, 2.05) is 5.32 Å². The van der Waals surface area contributed by atoms with Crippen molar-refractivity contribution in [2.75, 3.05) is 5.32 Å². The van der Waals surface area contributed by atoms with Gasteiger partial charge in [-0.1, -0.05) is 0 Å². The summed E-state index contributed by atoms with van der Waals surface area (Å²) in [5.74, 6) is -5.64. The van der Waals surface area contributed by atoms with Crippen molar-refractivity contribution in [3.8, 4) is 11.5 Å². The normalized spacial score (nSPS) is 10.3. The Hall–Kier alpha value is -2.70. The standard InChI is InChI=1S/C13H8F3NO3/c14-7-3-10(15)12(16)11(4-7)17-13(20)6-1-8(18)5-9(19)2-6/h1-5,18-19H,(H,17,20). The molecule has 0 unspecified atom stereocenters. The third kappa shape index (κ3) is 2.82. The zero-order chi connectivity index (χ0) is 14.9. The minimum Gasteiger partial charge on any atom is -0.508 e. The van der Waals surface area contributed by atoms with Crippen LogP contribution < -0.4 is 5.32 Å². The van der Waals surface area contributed by atoms with Gasteiger partial charge >= 0.3 is 0 Å². The quantitative estimate of drug-likeness (QED) is 0.742. The van der Waals surface area contributed by atoms with Gasteiger partial charge in [-0.2, -0.15) is 0 Å². The number of aromatic hydroxyl groups is 2. The van der Waals surface area contributed by atoms with Gasteiger partial charge in [0.2, 0.25) is 0 Å². The van der Waals surface area contributed by atoms with Crippen LogP contribution in [-0.4, -0.2) is 16.1 Å². The number of hydrogen-bond acceptors (Lipinski definition) is 3. The first-order valence-electron chi connectivity index (χ1n) is 5.36. The predicted octanol–water partition coefficient (Wildman–Crippen LogP) is 2.77. The predicted molar refractivity (Wildman–Crippen MR) is 64.0 cm³/mol. The Labute approximate surface area is 111 Å². The number of phenols is 2. The number of nitrogens with one attached hydrogen (secondary N) is 1. The van der Waals surface area contributed by atoms with Crippen molar-refractivity contribution in [3.05, 3.63) is 53.3 Å². The Morgan fingerprint density at radius 2 is 1.55 bits per heavy atom. The van der Waals surface area contributed by atoms with Gasteiger partial charge in [0.05, 0.1) is 5.69 Å². The van der Waals surface area contributed by atoms with E-state index in [0.717, 1.165) is 18.2 Å². The van der Waals surface area contributed by atoms with Crippen LogP contribution in [-0.2, 0) is 0 Å². The first-order chi connectivity index (χ1) is 9.36. The van der Waals surface area contributed by atoms with Gasteiger partial charge in [-0.25, -0.2) is 13.2 Å². The van der Waals surface area contributed by atoms with Crippen LogP contribution in [0.5, 0.6) is 11.5 Å². The number of benzene rings is 2. The van der Waals surface area contributed by atoms with Gasteiger partial charge in [0.15, 0.2) is 11.6 Å². The molecule has 0 atom stereocenters. The summed E-state index contributed by atoms with van der Waals surface area (Å²) in [4.78, 5) is 11.7. The van der Waals surface area contributed by atoms with Gasteiger partial charge in [-0.05, 0) is 12.1 Å². The molecule has 0 aliphatic carbocycles. The molecule has 0 heterocycles. The van der Waals surface area contributed by atoms with E-state index in [1.54, 1.807) is 0 Å². The lowest BCUT2D eigenvalue weighted by molar-refractivity contribution is 0.102. The lowest BCUT2D eigenvalue weighted by atomic mass is 10.2. The maximum Gasteiger partial charge on any atom is 0.256 e. The number of amides is 1. The van der Waals surface area contributed by atoms with Gasteiger partial charge < -0.3 is 15.5 Å². The zero-order valence-corrected chi connectivity index (χ0v) is 9.82. The van der Waals surface area contributed by atoms with Crippen molar-refractivity contribution in [1.82, 2.24) is 0 Å². The number of carbonyl (C=O) groups excluding carboxylic acids is 1. The lowest BCUT2D eigenvalue weighted by Gasteiger charge is -2.08. The van der Waals surface area contributed by atoms with Gasteiger partial charge in [0, 0.05) is 23.8 Å². The summed E-state index contributed by atoms with van der Waals surface area (Å²) in [6.45, 7) is 0. The fourth-order valence-electron chi connectivity index (χ4n) is 1.57. The molecular formula is C13H8F3NO3. The van der Waals surface area contributed by atoms with Crippen LogP contribution in [0.15, 0.2) is 30.3 Å². The summed E-state index contributed by atoms with van der Waals surface area (Å²) in [7, 11) is 0. The van der Waals surface area contributed by atoms with E-state index >= 15 is 0 Å². The van der Waals surface area contributed by atoms with Crippen LogP contribution in [0.2, 0.25) is 0 Å². The third-order valence-corrected chi connectivity index (χ3v) is 2.41. The van der Waals surface area contributed by atoms with E-state index in [4.69, 9.17) is 0 Å². The van der Waals surface area contributed by atoms with Crippen LogP contribution >= 0.6 is 0 Å². The van der Waals surface area contributed by atoms with E-state index in [2.05, 4.69) is 0 Å². The highest BCUT2D eigenvalue weighted by Crippen LogP contribution is 2.23. The molecule has 0 aliphatic heterocycles. The molecule has 0 aliphatic rings. The lowest BCUT2D eigenvalue weighted by Crippen LogP contribution is -2.13. The number of rotatable bonds is 2. The molecular weight excluding hydrogens is 275 g/mol. The molecule has 0 saturated carbocycles. The van der Waals surface area contributed by atoms with Crippen molar-refractivity contribution >= 4 is 11.6 Å². The average Bonchev–Trinajstić information content (AvgIpc) is 2.34. The second-order valence-electron chi connectivity index (χ2n) is 3.94. The summed E-state index contributed by atoms with van der Waals surface area (Å²) in [5, 5.41) is 20.4. The van der Waals surface area contributed by atoms with E-state index < -0.39 is 29.0 Å². The van der Waals surface area contributed by atoms with E-state index in [0.29, 0.717) is 12.1 Å². The van der Waals surface area contributed by atoms with Gasteiger partial charge in [-0.3, -0.25) is 4.79 Å². The van der Waals surface area contributed by atoms with Crippen molar-refractivity contribution in [2.24, 2.45) is 0 Å². The Morgan fingerprint density at radius 1 is 0.950 bits per heavy atom. The molecule has 0 fully saturated rings. The summed E-state index contributed by atoms with van der Waals surface area (Å²) in [6.07, 6.45) is 0. The van der Waals surface area contributed by atoms with Gasteiger partial charge in [0.1, 0.15) is 17.3 Å². The molecule has 2 aromatic carbocycles. The fraction of sp³-hybridized carbons (Fsp3) is 0. The molecule has 1 amide bonds. The highest BCUT2D eigenvalue weighted by Gasteiger charge is 2.15. The number of phenolic OH excluding ortho intramolecular Hbond substituents is 2. The van der Waals surface area contributed by atoms with Crippen molar-refractivity contribution < 1.29 is 28.2 Å². The largest absolute Gasteiger partial charge is 0.508 e. The molecule has 0 saturated heterocycles. The molecule has 0 spiro atoms. The van der Waals surface area contributed by atoms with Gasteiger partial charge in [0.25, 0.3) is 5.91 Å². The Kier molecular flexibility index (Phi) is 3.51. The first-order valence-corrected chi connectivity index (χ1v) is 5.36. The molecule has 0 aromatic heterocycles. The zero-order valence-electron chi connectivity index (χ0n) is 9.82. The Balaban J connectivity index is 2.32. The molecule has 7 heteroatoms. The van der Waals surface area contributed by atoms with Crippen molar-refractivity contribution in [1.29, 1.82) is 0 Å². The second kappa shape index (κ2) is 5.12. The minimum absolute atomic E-state index is 0.202. The Morgan fingerprint density at radius 3 is 2.15 bits per heavy atom. The molecule has 0 radical (unpaired) electrons. The molecule has 4 nitrogen and oxygen atoms in total. The minimum atomic E-state index is -1.45. The maximum atomic E-state index is 13.4. The molecule has 2 rings (SSSR count). The van der Waals surface area contributed by atoms with E-state index in [-0.39, 0.29) is 17.1 Å². The summed E-state index contributed by atoms with van der Waals surface area (Å²) >= 11 is 0. The monoisotopic (exact) mass is 283 g/mol. The summed E-state index contributed by atoms with van der Waals surface area (Å²) in [6, 6.07) is 3.94. The second-order valence-corrected chi connectivity index (χ2v) is 3.94. The number of carbonyl (C=O) groups is 1. The maximum absolute atomic E-state index is 13.4. The molecule has 0 bridgehead atoms. The van der Waals surface area contributed by atoms with Gasteiger partial charge in [-0.15, -0.1) is 0 Å². The van der Waals surface area contributed by atoms with Crippen LogP contribution in [0.25, 0.3) is 0 Å². The molecule has 20 heavy (non-hydrogen) atoms. The van der Waals surface area contributed by atoms with E-state index in [9.17, 15) is 28.2 Å². The van der Waals surface area contributed by atoms with Crippen LogP contribution in [0.3, 0.4) is 0 Å². The summed E-state index contributed by atoms with van der Waals surface area (Å²) in [5.41, 5.74) is -0.887.